The van der Waals surface area contributed by atoms with Crippen LogP contribution >= 0.6 is 0 Å². The van der Waals surface area contributed by atoms with Crippen molar-refractivity contribution in [3.63, 3.8) is 0 Å². The van der Waals surface area contributed by atoms with E-state index in [1.54, 1.807) is 6.20 Å². The summed E-state index contributed by atoms with van der Waals surface area (Å²) in [6, 6.07) is 10.9. The van der Waals surface area contributed by atoms with Crippen LogP contribution in [0.4, 0.5) is 11.5 Å². The molecule has 4 heteroatoms. The summed E-state index contributed by atoms with van der Waals surface area (Å²) < 4.78 is 0. The zero-order valence-electron chi connectivity index (χ0n) is 11.1. The van der Waals surface area contributed by atoms with Crippen molar-refractivity contribution in [2.75, 3.05) is 4.90 Å². The van der Waals surface area contributed by atoms with Crippen LogP contribution in [0.25, 0.3) is 0 Å². The van der Waals surface area contributed by atoms with Gasteiger partial charge in [-0.3, -0.25) is 0 Å². The minimum Gasteiger partial charge on any atom is -0.326 e. The van der Waals surface area contributed by atoms with Gasteiger partial charge in [-0.05, 0) is 37.5 Å². The summed E-state index contributed by atoms with van der Waals surface area (Å²) in [6.07, 6.45) is 3.94. The lowest BCUT2D eigenvalue weighted by Crippen LogP contribution is -2.34. The molecule has 0 radical (unpaired) electrons. The zero-order valence-corrected chi connectivity index (χ0v) is 11.1. The van der Waals surface area contributed by atoms with Gasteiger partial charge in [0, 0.05) is 23.8 Å². The lowest BCUT2D eigenvalue weighted by Gasteiger charge is -2.36. The van der Waals surface area contributed by atoms with Gasteiger partial charge in [0.1, 0.15) is 0 Å². The van der Waals surface area contributed by atoms with E-state index in [0.717, 1.165) is 24.2 Å². The minimum absolute atomic E-state index is 0.414. The van der Waals surface area contributed by atoms with Gasteiger partial charge in [-0.1, -0.05) is 18.2 Å². The molecule has 0 aliphatic carbocycles. The number of para-hydroxylation sites is 1. The monoisotopic (exact) mass is 254 g/mol. The van der Waals surface area contributed by atoms with Crippen molar-refractivity contribution >= 4 is 11.5 Å². The molecule has 1 aliphatic rings. The van der Waals surface area contributed by atoms with Gasteiger partial charge in [0.25, 0.3) is 0 Å². The van der Waals surface area contributed by atoms with Gasteiger partial charge >= 0.3 is 0 Å². The topological polar surface area (TPSA) is 55.0 Å². The average molecular weight is 254 g/mol. The molecule has 0 fully saturated rings. The number of aryl methyl sites for hydroxylation is 1. The smallest absolute Gasteiger partial charge is 0.160 e. The van der Waals surface area contributed by atoms with Crippen LogP contribution in [0.2, 0.25) is 0 Å². The normalized spacial score (nSPS) is 18.2. The summed E-state index contributed by atoms with van der Waals surface area (Å²) in [7, 11) is 0. The van der Waals surface area contributed by atoms with Crippen LogP contribution < -0.4 is 10.6 Å². The molecule has 98 valence electrons. The Labute approximate surface area is 113 Å². The van der Waals surface area contributed by atoms with Gasteiger partial charge in [-0.15, -0.1) is 5.10 Å². The highest BCUT2D eigenvalue weighted by Gasteiger charge is 2.26. The SMILES string of the molecule is CC1CCc2ccccc2N1c1nnccc1CN. The third-order valence-corrected chi connectivity index (χ3v) is 3.75. The van der Waals surface area contributed by atoms with Crippen LogP contribution in [0, 0.1) is 0 Å². The second-order valence-electron chi connectivity index (χ2n) is 4.97. The van der Waals surface area contributed by atoms with E-state index in [-0.39, 0.29) is 0 Å². The van der Waals surface area contributed by atoms with Crippen molar-refractivity contribution in [1.82, 2.24) is 10.2 Å². The Morgan fingerprint density at radius 2 is 2.16 bits per heavy atom. The molecule has 3 rings (SSSR count). The molecule has 4 nitrogen and oxygen atoms in total. The van der Waals surface area contributed by atoms with Gasteiger partial charge in [-0.2, -0.15) is 5.10 Å². The zero-order chi connectivity index (χ0) is 13.2. The maximum atomic E-state index is 5.83. The lowest BCUT2D eigenvalue weighted by molar-refractivity contribution is 0.608. The molecule has 0 saturated carbocycles. The number of anilines is 2. The van der Waals surface area contributed by atoms with E-state index >= 15 is 0 Å². The maximum Gasteiger partial charge on any atom is 0.160 e. The molecule has 2 N–H and O–H groups in total. The fourth-order valence-corrected chi connectivity index (χ4v) is 2.72. The Morgan fingerprint density at radius 1 is 1.32 bits per heavy atom. The van der Waals surface area contributed by atoms with Crippen molar-refractivity contribution in [3.8, 4) is 0 Å². The van der Waals surface area contributed by atoms with Crippen LogP contribution in [0.3, 0.4) is 0 Å². The predicted molar refractivity (Wildman–Crippen MR) is 76.3 cm³/mol. The molecule has 1 aromatic heterocycles. The van der Waals surface area contributed by atoms with Crippen molar-refractivity contribution in [3.05, 3.63) is 47.7 Å². The molecule has 0 amide bonds. The van der Waals surface area contributed by atoms with Crippen LogP contribution in [-0.2, 0) is 13.0 Å². The lowest BCUT2D eigenvalue weighted by atomic mass is 9.96. The highest BCUT2D eigenvalue weighted by atomic mass is 15.3. The fraction of sp³-hybridized carbons (Fsp3) is 0.333. The molecule has 2 aromatic rings. The van der Waals surface area contributed by atoms with Crippen LogP contribution in [-0.4, -0.2) is 16.2 Å². The number of benzene rings is 1. The van der Waals surface area contributed by atoms with Crippen LogP contribution in [0.15, 0.2) is 36.5 Å². The van der Waals surface area contributed by atoms with Gasteiger partial charge in [-0.25, -0.2) is 0 Å². The summed E-state index contributed by atoms with van der Waals surface area (Å²) in [6.45, 7) is 2.71. The average Bonchev–Trinajstić information content (AvgIpc) is 2.47. The van der Waals surface area contributed by atoms with E-state index in [1.165, 1.54) is 11.3 Å². The Kier molecular flexibility index (Phi) is 3.17. The van der Waals surface area contributed by atoms with E-state index in [2.05, 4.69) is 46.3 Å². The molecule has 1 unspecified atom stereocenters. The molecule has 0 spiro atoms. The highest BCUT2D eigenvalue weighted by molar-refractivity contribution is 5.68. The number of fused-ring (bicyclic) bond motifs is 1. The third kappa shape index (κ3) is 2.08. The molecular weight excluding hydrogens is 236 g/mol. The molecule has 1 aliphatic heterocycles. The van der Waals surface area contributed by atoms with Gasteiger partial charge in [0.05, 0.1) is 6.20 Å². The van der Waals surface area contributed by atoms with Crippen LogP contribution in [0.5, 0.6) is 0 Å². The molecule has 0 saturated heterocycles. The number of nitrogens with two attached hydrogens (primary N) is 1. The Bertz CT molecular complexity index is 582. The third-order valence-electron chi connectivity index (χ3n) is 3.75. The molecular formula is C15H18N4. The standard InChI is InChI=1S/C15H18N4/c1-11-6-7-12-4-2-3-5-14(12)19(11)15-13(10-16)8-9-17-18-15/h2-5,8-9,11H,6-7,10,16H2,1H3. The summed E-state index contributed by atoms with van der Waals surface area (Å²) in [5.74, 6) is 0.893. The molecule has 19 heavy (non-hydrogen) atoms. The summed E-state index contributed by atoms with van der Waals surface area (Å²) >= 11 is 0. The summed E-state index contributed by atoms with van der Waals surface area (Å²) in [5, 5.41) is 8.35. The van der Waals surface area contributed by atoms with E-state index < -0.39 is 0 Å². The maximum absolute atomic E-state index is 5.83. The second-order valence-corrected chi connectivity index (χ2v) is 4.97. The molecule has 2 heterocycles. The van der Waals surface area contributed by atoms with Crippen molar-refractivity contribution in [1.29, 1.82) is 0 Å². The second kappa shape index (κ2) is 4.97. The van der Waals surface area contributed by atoms with Crippen molar-refractivity contribution in [2.24, 2.45) is 5.73 Å². The van der Waals surface area contributed by atoms with Gasteiger partial charge in [0.2, 0.25) is 0 Å². The van der Waals surface area contributed by atoms with Crippen molar-refractivity contribution < 1.29 is 0 Å². The highest BCUT2D eigenvalue weighted by Crippen LogP contribution is 2.36. The number of nitrogens with zero attached hydrogens (tertiary/aromatic N) is 3. The first kappa shape index (κ1) is 12.1. The first-order chi connectivity index (χ1) is 9.31. The summed E-state index contributed by atoms with van der Waals surface area (Å²) in [4.78, 5) is 2.27. The first-order valence-electron chi connectivity index (χ1n) is 6.69. The predicted octanol–water partition coefficient (Wildman–Crippen LogP) is 2.41. The van der Waals surface area contributed by atoms with Gasteiger partial charge in [0.15, 0.2) is 5.82 Å². The molecule has 1 atom stereocenters. The Hall–Kier alpha value is -1.94. The molecule has 1 aromatic carbocycles. The van der Waals surface area contributed by atoms with E-state index in [4.69, 9.17) is 5.73 Å². The Balaban J connectivity index is 2.13. The number of hydrogen-bond acceptors (Lipinski definition) is 4. The van der Waals surface area contributed by atoms with Gasteiger partial charge < -0.3 is 10.6 Å². The van der Waals surface area contributed by atoms with E-state index in [0.29, 0.717) is 12.6 Å². The Morgan fingerprint density at radius 3 is 3.00 bits per heavy atom. The summed E-state index contributed by atoms with van der Waals surface area (Å²) in [5.41, 5.74) is 9.47. The van der Waals surface area contributed by atoms with E-state index in [1.807, 2.05) is 6.07 Å². The minimum atomic E-state index is 0.414. The number of rotatable bonds is 2. The largest absolute Gasteiger partial charge is 0.326 e. The first-order valence-corrected chi connectivity index (χ1v) is 6.69. The van der Waals surface area contributed by atoms with Crippen LogP contribution in [0.1, 0.15) is 24.5 Å². The quantitative estimate of drug-likeness (QED) is 0.894. The van der Waals surface area contributed by atoms with Crippen molar-refractivity contribution in [2.45, 2.75) is 32.4 Å². The fourth-order valence-electron chi connectivity index (χ4n) is 2.72. The van der Waals surface area contributed by atoms with E-state index in [9.17, 15) is 0 Å². The number of aromatic nitrogens is 2. The molecule has 0 bridgehead atoms. The number of hydrogen-bond donors (Lipinski definition) is 1.